The normalized spacial score (nSPS) is 49.2. The number of hydrogen-bond acceptors (Lipinski definition) is 6. The lowest BCUT2D eigenvalue weighted by Crippen LogP contribution is -2.58. The molecule has 1 aliphatic heterocycles. The molecule has 0 radical (unpaired) electrons. The van der Waals surface area contributed by atoms with Crippen LogP contribution in [0.5, 0.6) is 0 Å². The van der Waals surface area contributed by atoms with Crippen molar-refractivity contribution < 1.29 is 30.3 Å². The summed E-state index contributed by atoms with van der Waals surface area (Å²) in [5.74, 6) is 0. The van der Waals surface area contributed by atoms with Gasteiger partial charge in [-0.1, -0.05) is 0 Å². The average Bonchev–Trinajstić information content (AvgIpc) is 2.08. The first kappa shape index (κ1) is 9.85. The highest BCUT2D eigenvalue weighted by Gasteiger charge is 2.42. The highest BCUT2D eigenvalue weighted by molar-refractivity contribution is 4.87. The molecule has 0 aromatic carbocycles. The molecule has 6 heteroatoms. The van der Waals surface area contributed by atoms with Crippen LogP contribution in [0.3, 0.4) is 0 Å². The van der Waals surface area contributed by atoms with Gasteiger partial charge < -0.3 is 30.3 Å². The maximum absolute atomic E-state index is 9.12. The maximum Gasteiger partial charge on any atom is 0.184 e. The summed E-state index contributed by atoms with van der Waals surface area (Å²) in [4.78, 5) is 0. The largest absolute Gasteiger partial charge is 0.394 e. The van der Waals surface area contributed by atoms with Crippen LogP contribution in [0.25, 0.3) is 0 Å². The fourth-order valence-electron chi connectivity index (χ4n) is 1.08. The van der Waals surface area contributed by atoms with Crippen LogP contribution >= 0.6 is 0 Å². The molecule has 0 aromatic heterocycles. The van der Waals surface area contributed by atoms with E-state index < -0.39 is 37.3 Å². The smallest absolute Gasteiger partial charge is 0.184 e. The highest BCUT2D eigenvalue weighted by atomic mass is 16.7. The Bertz CT molecular complexity index is 146. The molecule has 5 N–H and O–H groups in total. The van der Waals surface area contributed by atoms with Crippen molar-refractivity contribution in [3.8, 4) is 0 Å². The third-order valence-corrected chi connectivity index (χ3v) is 1.87. The summed E-state index contributed by atoms with van der Waals surface area (Å²) in [7, 11) is 0. The molecule has 0 spiro atoms. The number of rotatable bonds is 1. The van der Waals surface area contributed by atoms with Gasteiger partial charge in [0.2, 0.25) is 0 Å². The van der Waals surface area contributed by atoms with Gasteiger partial charge in [-0.15, -0.1) is 0 Å². The molecule has 0 aromatic rings. The van der Waals surface area contributed by atoms with E-state index in [0.29, 0.717) is 0 Å². The van der Waals surface area contributed by atoms with Crippen molar-refractivity contribution in [2.45, 2.75) is 30.7 Å². The lowest BCUT2D eigenvalue weighted by molar-refractivity contribution is -0.286. The SMILES string of the molecule is OC[C@H]1O[C@H](O)[C@H](O)[13C@@H](O)[13C@@H]1O. The van der Waals surface area contributed by atoms with Crippen molar-refractivity contribution in [1.29, 1.82) is 0 Å². The monoisotopic (exact) mass is 182 g/mol. The number of hydrogen-bond donors (Lipinski definition) is 5. The summed E-state index contributed by atoms with van der Waals surface area (Å²) in [6.45, 7) is -0.526. The maximum atomic E-state index is 9.12. The van der Waals surface area contributed by atoms with Crippen molar-refractivity contribution in [3.63, 3.8) is 0 Å². The minimum atomic E-state index is -1.57. The summed E-state index contributed by atoms with van der Waals surface area (Å²) in [6.07, 6.45) is -7.04. The molecule has 1 rings (SSSR count). The third-order valence-electron chi connectivity index (χ3n) is 1.87. The zero-order valence-electron chi connectivity index (χ0n) is 6.24. The van der Waals surface area contributed by atoms with Crippen molar-refractivity contribution in [3.05, 3.63) is 0 Å². The minimum Gasteiger partial charge on any atom is -0.394 e. The summed E-state index contributed by atoms with van der Waals surface area (Å²) in [5.41, 5.74) is 0. The number of ether oxygens (including phenoxy) is 1. The van der Waals surface area contributed by atoms with Gasteiger partial charge >= 0.3 is 0 Å². The molecule has 1 aliphatic rings. The van der Waals surface area contributed by atoms with E-state index in [0.717, 1.165) is 0 Å². The van der Waals surface area contributed by atoms with Crippen molar-refractivity contribution in [2.24, 2.45) is 0 Å². The van der Waals surface area contributed by atoms with Gasteiger partial charge in [-0.05, 0) is 0 Å². The molecular weight excluding hydrogens is 170 g/mol. The van der Waals surface area contributed by atoms with Crippen LogP contribution in [0, 0.1) is 0 Å². The Morgan fingerprint density at radius 3 is 2.00 bits per heavy atom. The van der Waals surface area contributed by atoms with Gasteiger partial charge in [0.15, 0.2) is 6.29 Å². The number of aliphatic hydroxyl groups is 5. The second-order valence-electron chi connectivity index (χ2n) is 2.72. The van der Waals surface area contributed by atoms with E-state index in [-0.39, 0.29) is 0 Å². The molecule has 1 heterocycles. The Kier molecular flexibility index (Phi) is 2.99. The predicted molar refractivity (Wildman–Crippen MR) is 36.0 cm³/mol. The van der Waals surface area contributed by atoms with Gasteiger partial charge in [0.1, 0.15) is 24.4 Å². The molecule has 6 nitrogen and oxygen atoms in total. The zero-order chi connectivity index (χ0) is 9.30. The molecule has 0 aliphatic carbocycles. The van der Waals surface area contributed by atoms with E-state index in [1.165, 1.54) is 0 Å². The predicted octanol–water partition coefficient (Wildman–Crippen LogP) is -3.22. The second kappa shape index (κ2) is 3.65. The van der Waals surface area contributed by atoms with Gasteiger partial charge in [-0.2, -0.15) is 0 Å². The molecule has 0 amide bonds. The van der Waals surface area contributed by atoms with Crippen molar-refractivity contribution in [2.75, 3.05) is 6.61 Å². The minimum absolute atomic E-state index is 0.526. The highest BCUT2D eigenvalue weighted by Crippen LogP contribution is 2.18. The van der Waals surface area contributed by atoms with Gasteiger partial charge in [0, 0.05) is 0 Å². The van der Waals surface area contributed by atoms with Gasteiger partial charge in [-0.3, -0.25) is 0 Å². The molecular formula is C6H12O6. The van der Waals surface area contributed by atoms with Crippen LogP contribution < -0.4 is 0 Å². The van der Waals surface area contributed by atoms with E-state index in [1.54, 1.807) is 0 Å². The average molecular weight is 182 g/mol. The quantitative estimate of drug-likeness (QED) is 0.273. The van der Waals surface area contributed by atoms with Crippen LogP contribution in [0.1, 0.15) is 0 Å². The molecule has 12 heavy (non-hydrogen) atoms. The third kappa shape index (κ3) is 1.58. The molecule has 72 valence electrons. The molecule has 0 unspecified atom stereocenters. The Balaban J connectivity index is 2.63. The van der Waals surface area contributed by atoms with Gasteiger partial charge in [0.05, 0.1) is 6.61 Å². The van der Waals surface area contributed by atoms with Crippen molar-refractivity contribution in [1.82, 2.24) is 0 Å². The Hall–Kier alpha value is -0.240. The molecule has 1 saturated heterocycles. The van der Waals surface area contributed by atoms with Crippen LogP contribution in [0.2, 0.25) is 0 Å². The first-order valence-corrected chi connectivity index (χ1v) is 3.56. The lowest BCUT2D eigenvalue weighted by Gasteiger charge is -2.37. The fraction of sp³-hybridized carbons (Fsp3) is 1.00. The van der Waals surface area contributed by atoms with Crippen LogP contribution in [0.15, 0.2) is 0 Å². The summed E-state index contributed by atoms with van der Waals surface area (Å²) in [6, 6.07) is 0. The Morgan fingerprint density at radius 2 is 1.50 bits per heavy atom. The van der Waals surface area contributed by atoms with Crippen LogP contribution in [-0.4, -0.2) is 62.8 Å². The van der Waals surface area contributed by atoms with Crippen LogP contribution in [0.4, 0.5) is 0 Å². The van der Waals surface area contributed by atoms with Gasteiger partial charge in [-0.25, -0.2) is 0 Å². The molecule has 1 fully saturated rings. The molecule has 0 saturated carbocycles. The van der Waals surface area contributed by atoms with Crippen molar-refractivity contribution >= 4 is 0 Å². The molecule has 0 bridgehead atoms. The first-order valence-electron chi connectivity index (χ1n) is 3.56. The van der Waals surface area contributed by atoms with E-state index in [1.807, 2.05) is 0 Å². The van der Waals surface area contributed by atoms with Crippen LogP contribution in [-0.2, 0) is 4.74 Å². The summed E-state index contributed by atoms with van der Waals surface area (Å²) < 4.78 is 4.58. The fourth-order valence-corrected chi connectivity index (χ4v) is 1.08. The summed E-state index contributed by atoms with van der Waals surface area (Å²) >= 11 is 0. The Labute approximate surface area is 68.6 Å². The van der Waals surface area contributed by atoms with E-state index in [4.69, 9.17) is 25.5 Å². The second-order valence-corrected chi connectivity index (χ2v) is 2.72. The standard InChI is InChI=1S/C6H12O6/c7-1-2-3(8)4(9)5(10)6(11)12-2/h2-11H,1H2/t2-,3-,4+,5-,6+/m1/s1/i3+1,4+1. The van der Waals surface area contributed by atoms with Gasteiger partial charge in [0.25, 0.3) is 0 Å². The number of aliphatic hydroxyl groups excluding tert-OH is 5. The lowest BCUT2D eigenvalue weighted by atomic mass is 10.3. The Morgan fingerprint density at radius 1 is 0.917 bits per heavy atom. The van der Waals surface area contributed by atoms with E-state index >= 15 is 0 Å². The summed E-state index contributed by atoms with van der Waals surface area (Å²) in [5, 5.41) is 44.7. The first-order chi connectivity index (χ1) is 5.57. The molecule has 5 atom stereocenters. The topological polar surface area (TPSA) is 110 Å². The van der Waals surface area contributed by atoms with E-state index in [2.05, 4.69) is 4.74 Å². The zero-order valence-corrected chi connectivity index (χ0v) is 6.24. The van der Waals surface area contributed by atoms with E-state index in [9.17, 15) is 0 Å².